The van der Waals surface area contributed by atoms with Crippen LogP contribution in [0.5, 0.6) is 0 Å². The first-order valence-corrected chi connectivity index (χ1v) is 6.36. The Balaban J connectivity index is 2.32. The monoisotopic (exact) mass is 250 g/mol. The van der Waals surface area contributed by atoms with E-state index in [0.29, 0.717) is 24.4 Å². The fourth-order valence-electron chi connectivity index (χ4n) is 1.63. The van der Waals surface area contributed by atoms with Crippen LogP contribution >= 0.6 is 0 Å². The molecule has 0 saturated heterocycles. The maximum Gasteiger partial charge on any atom is 0.251 e. The van der Waals surface area contributed by atoms with Gasteiger partial charge in [-0.25, -0.2) is 0 Å². The number of aryl methyl sites for hydroxylation is 1. The summed E-state index contributed by atoms with van der Waals surface area (Å²) in [6, 6.07) is 5.34. The summed E-state index contributed by atoms with van der Waals surface area (Å²) >= 11 is 0. The van der Waals surface area contributed by atoms with Crippen LogP contribution < -0.4 is 11.1 Å². The van der Waals surface area contributed by atoms with Crippen LogP contribution in [0.4, 0.5) is 5.69 Å². The summed E-state index contributed by atoms with van der Waals surface area (Å²) in [5, 5.41) is 2.81. The Hall–Kier alpha value is -1.55. The lowest BCUT2D eigenvalue weighted by Crippen LogP contribution is -2.27. The lowest BCUT2D eigenvalue weighted by atomic mass is 10.1. The minimum absolute atomic E-state index is 0.107. The van der Waals surface area contributed by atoms with Crippen LogP contribution in [0.3, 0.4) is 0 Å². The Morgan fingerprint density at radius 1 is 1.33 bits per heavy atom. The number of carbonyl (C=O) groups excluding carboxylic acids is 1. The number of hydrogen-bond acceptors (Lipinski definition) is 3. The third-order valence-corrected chi connectivity index (χ3v) is 2.54. The molecule has 1 amide bonds. The zero-order valence-corrected chi connectivity index (χ0v) is 11.2. The molecular formula is C14H22N2O2. The Labute approximate surface area is 109 Å². The molecule has 1 aromatic carbocycles. The van der Waals surface area contributed by atoms with Crippen molar-refractivity contribution in [3.05, 3.63) is 29.3 Å². The molecule has 0 spiro atoms. The third-order valence-electron chi connectivity index (χ3n) is 2.54. The van der Waals surface area contributed by atoms with E-state index in [1.807, 2.05) is 19.1 Å². The van der Waals surface area contributed by atoms with E-state index in [1.54, 1.807) is 6.07 Å². The Morgan fingerprint density at radius 3 is 2.78 bits per heavy atom. The van der Waals surface area contributed by atoms with Gasteiger partial charge in [0.1, 0.15) is 0 Å². The molecule has 0 aliphatic heterocycles. The lowest BCUT2D eigenvalue weighted by Gasteiger charge is -2.07. The van der Waals surface area contributed by atoms with Gasteiger partial charge in [0.05, 0.1) is 6.61 Å². The number of benzene rings is 1. The maximum atomic E-state index is 11.8. The number of anilines is 1. The number of amides is 1. The highest BCUT2D eigenvalue weighted by Crippen LogP contribution is 2.10. The summed E-state index contributed by atoms with van der Waals surface area (Å²) < 4.78 is 5.37. The number of unbranched alkanes of at least 4 members (excludes halogenated alkanes) is 1. The summed E-state index contributed by atoms with van der Waals surface area (Å²) in [5.41, 5.74) is 7.90. The van der Waals surface area contributed by atoms with Crippen LogP contribution in [-0.4, -0.2) is 25.7 Å². The summed E-state index contributed by atoms with van der Waals surface area (Å²) in [6.07, 6.45) is 2.18. The number of ether oxygens (including phenoxy) is 1. The SMILES string of the molecule is CCCCOCCNC(=O)c1cc(C)cc(N)c1. The van der Waals surface area contributed by atoms with E-state index < -0.39 is 0 Å². The first kappa shape index (κ1) is 14.5. The van der Waals surface area contributed by atoms with E-state index >= 15 is 0 Å². The van der Waals surface area contributed by atoms with Crippen LogP contribution in [0.25, 0.3) is 0 Å². The summed E-state index contributed by atoms with van der Waals surface area (Å²) in [6.45, 7) is 5.86. The molecule has 1 aromatic rings. The topological polar surface area (TPSA) is 64.3 Å². The van der Waals surface area contributed by atoms with Crippen LogP contribution in [0.2, 0.25) is 0 Å². The second-order valence-corrected chi connectivity index (χ2v) is 4.35. The standard InChI is InChI=1S/C14H22N2O2/c1-3-4-6-18-7-5-16-14(17)12-8-11(2)9-13(15)10-12/h8-10H,3-7,15H2,1-2H3,(H,16,17). The average Bonchev–Trinajstić information content (AvgIpc) is 2.32. The molecule has 0 atom stereocenters. The predicted molar refractivity (Wildman–Crippen MR) is 73.7 cm³/mol. The van der Waals surface area contributed by atoms with E-state index in [2.05, 4.69) is 12.2 Å². The van der Waals surface area contributed by atoms with Gasteiger partial charge in [-0.2, -0.15) is 0 Å². The summed E-state index contributed by atoms with van der Waals surface area (Å²) in [7, 11) is 0. The molecule has 0 saturated carbocycles. The van der Waals surface area contributed by atoms with Gasteiger partial charge in [-0.3, -0.25) is 4.79 Å². The van der Waals surface area contributed by atoms with Gasteiger partial charge < -0.3 is 15.8 Å². The maximum absolute atomic E-state index is 11.8. The molecule has 0 unspecified atom stereocenters. The van der Waals surface area contributed by atoms with Gasteiger partial charge in [-0.15, -0.1) is 0 Å². The molecule has 0 aromatic heterocycles. The molecular weight excluding hydrogens is 228 g/mol. The Morgan fingerprint density at radius 2 is 2.11 bits per heavy atom. The average molecular weight is 250 g/mol. The molecule has 0 fully saturated rings. The fraction of sp³-hybridized carbons (Fsp3) is 0.500. The van der Waals surface area contributed by atoms with E-state index in [1.165, 1.54) is 0 Å². The van der Waals surface area contributed by atoms with E-state index in [4.69, 9.17) is 10.5 Å². The molecule has 1 rings (SSSR count). The van der Waals surface area contributed by atoms with Crippen molar-refractivity contribution in [2.24, 2.45) is 0 Å². The highest BCUT2D eigenvalue weighted by atomic mass is 16.5. The first-order chi connectivity index (χ1) is 8.63. The van der Waals surface area contributed by atoms with Crippen LogP contribution in [-0.2, 0) is 4.74 Å². The van der Waals surface area contributed by atoms with E-state index in [0.717, 1.165) is 25.0 Å². The van der Waals surface area contributed by atoms with Gasteiger partial charge in [0.2, 0.25) is 0 Å². The second kappa shape index (κ2) is 7.71. The number of hydrogen-bond donors (Lipinski definition) is 2. The van der Waals surface area contributed by atoms with Crippen molar-refractivity contribution in [3.8, 4) is 0 Å². The second-order valence-electron chi connectivity index (χ2n) is 4.35. The van der Waals surface area contributed by atoms with Crippen molar-refractivity contribution in [2.45, 2.75) is 26.7 Å². The predicted octanol–water partition coefficient (Wildman–Crippen LogP) is 2.12. The highest BCUT2D eigenvalue weighted by Gasteiger charge is 2.05. The zero-order chi connectivity index (χ0) is 13.4. The van der Waals surface area contributed by atoms with Gasteiger partial charge in [-0.05, 0) is 37.1 Å². The molecule has 0 radical (unpaired) electrons. The number of nitrogens with one attached hydrogen (secondary N) is 1. The lowest BCUT2D eigenvalue weighted by molar-refractivity contribution is 0.0912. The van der Waals surface area contributed by atoms with E-state index in [9.17, 15) is 4.79 Å². The number of rotatable bonds is 7. The van der Waals surface area contributed by atoms with Gasteiger partial charge in [0, 0.05) is 24.4 Å². The van der Waals surface area contributed by atoms with Gasteiger partial charge in [-0.1, -0.05) is 13.3 Å². The number of nitrogen functional groups attached to an aromatic ring is 1. The van der Waals surface area contributed by atoms with Crippen LogP contribution in [0.15, 0.2) is 18.2 Å². The van der Waals surface area contributed by atoms with Gasteiger partial charge >= 0.3 is 0 Å². The highest BCUT2D eigenvalue weighted by molar-refractivity contribution is 5.95. The van der Waals surface area contributed by atoms with Crippen molar-refractivity contribution in [1.29, 1.82) is 0 Å². The molecule has 3 N–H and O–H groups in total. The minimum atomic E-state index is -0.107. The van der Waals surface area contributed by atoms with Crippen molar-refractivity contribution in [3.63, 3.8) is 0 Å². The van der Waals surface area contributed by atoms with Gasteiger partial charge in [0.15, 0.2) is 0 Å². The molecule has 0 aliphatic carbocycles. The summed E-state index contributed by atoms with van der Waals surface area (Å²) in [4.78, 5) is 11.8. The van der Waals surface area contributed by atoms with Crippen molar-refractivity contribution in [1.82, 2.24) is 5.32 Å². The molecule has 4 heteroatoms. The van der Waals surface area contributed by atoms with Crippen molar-refractivity contribution < 1.29 is 9.53 Å². The Bertz CT molecular complexity index is 371. The third kappa shape index (κ3) is 5.19. The van der Waals surface area contributed by atoms with Crippen molar-refractivity contribution in [2.75, 3.05) is 25.5 Å². The van der Waals surface area contributed by atoms with Crippen LogP contribution in [0, 0.1) is 6.92 Å². The normalized spacial score (nSPS) is 10.3. The summed E-state index contributed by atoms with van der Waals surface area (Å²) in [5.74, 6) is -0.107. The zero-order valence-electron chi connectivity index (χ0n) is 11.2. The quantitative estimate of drug-likeness (QED) is 0.575. The fourth-order valence-corrected chi connectivity index (χ4v) is 1.63. The first-order valence-electron chi connectivity index (χ1n) is 6.36. The molecule has 0 bridgehead atoms. The molecule has 4 nitrogen and oxygen atoms in total. The largest absolute Gasteiger partial charge is 0.399 e. The molecule has 0 aliphatic rings. The molecule has 0 heterocycles. The van der Waals surface area contributed by atoms with Crippen molar-refractivity contribution >= 4 is 11.6 Å². The van der Waals surface area contributed by atoms with Crippen LogP contribution in [0.1, 0.15) is 35.7 Å². The smallest absolute Gasteiger partial charge is 0.251 e. The Kier molecular flexibility index (Phi) is 6.22. The molecule has 18 heavy (non-hydrogen) atoms. The molecule has 100 valence electrons. The minimum Gasteiger partial charge on any atom is -0.399 e. The van der Waals surface area contributed by atoms with Gasteiger partial charge in [0.25, 0.3) is 5.91 Å². The number of carbonyl (C=O) groups is 1. The van der Waals surface area contributed by atoms with E-state index in [-0.39, 0.29) is 5.91 Å². The number of nitrogens with two attached hydrogens (primary N) is 1.